The number of esters is 1. The predicted octanol–water partition coefficient (Wildman–Crippen LogP) is -0.559. The van der Waals surface area contributed by atoms with Gasteiger partial charge in [-0.15, -0.1) is 0 Å². The molecule has 0 bridgehead atoms. The summed E-state index contributed by atoms with van der Waals surface area (Å²) >= 11 is 0. The molecule has 1 rings (SSSR count). The Morgan fingerprint density at radius 2 is 2.22 bits per heavy atom. The monoisotopic (exact) mass is 254 g/mol. The Kier molecular flexibility index (Phi) is 5.06. The highest BCUT2D eigenvalue weighted by molar-refractivity contribution is 5.96. The molecule has 98 valence electrons. The lowest BCUT2D eigenvalue weighted by molar-refractivity contribution is -0.146. The van der Waals surface area contributed by atoms with Crippen LogP contribution in [-0.4, -0.2) is 46.3 Å². The Bertz CT molecular complexity index is 435. The Hall–Kier alpha value is -2.15. The molecule has 0 aliphatic carbocycles. The van der Waals surface area contributed by atoms with Gasteiger partial charge >= 0.3 is 5.97 Å². The van der Waals surface area contributed by atoms with Gasteiger partial charge in [0.05, 0.1) is 25.0 Å². The smallest absolute Gasteiger partial charge is 0.331 e. The molecule has 0 aromatic carbocycles. The molecular weight excluding hydrogens is 240 g/mol. The second kappa shape index (κ2) is 6.55. The van der Waals surface area contributed by atoms with Crippen LogP contribution in [0.15, 0.2) is 18.5 Å². The van der Waals surface area contributed by atoms with E-state index in [4.69, 9.17) is 10.2 Å². The Balaban J connectivity index is 2.70. The maximum atomic E-state index is 11.7. The van der Waals surface area contributed by atoms with Gasteiger partial charge in [0.25, 0.3) is 5.91 Å². The van der Waals surface area contributed by atoms with Crippen molar-refractivity contribution >= 4 is 11.9 Å². The second-order valence-corrected chi connectivity index (χ2v) is 3.39. The summed E-state index contributed by atoms with van der Waals surface area (Å²) in [5, 5.41) is 20.4. The zero-order valence-electron chi connectivity index (χ0n) is 9.79. The van der Waals surface area contributed by atoms with E-state index >= 15 is 0 Å². The van der Waals surface area contributed by atoms with Crippen molar-refractivity contribution in [1.82, 2.24) is 10.3 Å². The zero-order chi connectivity index (χ0) is 13.5. The molecule has 1 heterocycles. The minimum atomic E-state index is -1.14. The van der Waals surface area contributed by atoms with Crippen molar-refractivity contribution in [3.63, 3.8) is 0 Å². The summed E-state index contributed by atoms with van der Waals surface area (Å²) in [4.78, 5) is 26.7. The molecule has 7 nitrogen and oxygen atoms in total. The normalized spacial score (nSPS) is 11.7. The molecule has 0 aliphatic rings. The summed E-state index contributed by atoms with van der Waals surface area (Å²) in [7, 11) is 0. The van der Waals surface area contributed by atoms with Crippen molar-refractivity contribution in [3.05, 3.63) is 24.0 Å². The van der Waals surface area contributed by atoms with Crippen molar-refractivity contribution in [2.45, 2.75) is 13.0 Å². The fourth-order valence-electron chi connectivity index (χ4n) is 1.22. The maximum absolute atomic E-state index is 11.7. The van der Waals surface area contributed by atoms with Crippen LogP contribution in [0.4, 0.5) is 0 Å². The number of carbonyl (C=O) groups excluding carboxylic acids is 2. The van der Waals surface area contributed by atoms with Gasteiger partial charge in [0.15, 0.2) is 6.04 Å². The predicted molar refractivity (Wildman–Crippen MR) is 60.9 cm³/mol. The highest BCUT2D eigenvalue weighted by Gasteiger charge is 2.21. The van der Waals surface area contributed by atoms with E-state index in [1.807, 2.05) is 0 Å². The first kappa shape index (κ1) is 13.9. The molecule has 3 N–H and O–H groups in total. The van der Waals surface area contributed by atoms with Crippen molar-refractivity contribution in [2.75, 3.05) is 13.2 Å². The van der Waals surface area contributed by atoms with Gasteiger partial charge in [0.1, 0.15) is 5.75 Å². The maximum Gasteiger partial charge on any atom is 0.331 e. The molecule has 1 atom stereocenters. The van der Waals surface area contributed by atoms with Crippen LogP contribution in [0, 0.1) is 0 Å². The van der Waals surface area contributed by atoms with E-state index in [-0.39, 0.29) is 17.9 Å². The molecule has 7 heteroatoms. The number of rotatable bonds is 5. The second-order valence-electron chi connectivity index (χ2n) is 3.39. The Labute approximate surface area is 103 Å². The number of pyridine rings is 1. The van der Waals surface area contributed by atoms with E-state index in [9.17, 15) is 9.59 Å². The fourth-order valence-corrected chi connectivity index (χ4v) is 1.22. The third-order valence-electron chi connectivity index (χ3n) is 2.05. The van der Waals surface area contributed by atoms with E-state index < -0.39 is 24.5 Å². The molecule has 0 aliphatic heterocycles. The molecule has 1 amide bonds. The SMILES string of the molecule is CCOC(=O)C(CO)NC(=O)c1cncc(O)c1. The number of amides is 1. The number of carbonyl (C=O) groups is 2. The standard InChI is InChI=1S/C11H14N2O5/c1-2-18-11(17)9(6-14)13-10(16)7-3-8(15)5-12-4-7/h3-5,9,14-15H,2,6H2,1H3,(H,13,16). The number of aromatic nitrogens is 1. The summed E-state index contributed by atoms with van der Waals surface area (Å²) in [6.45, 7) is 1.20. The van der Waals surface area contributed by atoms with E-state index in [2.05, 4.69) is 15.0 Å². The number of aliphatic hydroxyl groups excluding tert-OH is 1. The summed E-state index contributed by atoms with van der Waals surface area (Å²) in [6.07, 6.45) is 2.40. The van der Waals surface area contributed by atoms with Crippen LogP contribution in [-0.2, 0) is 9.53 Å². The zero-order valence-corrected chi connectivity index (χ0v) is 9.79. The molecular formula is C11H14N2O5. The van der Waals surface area contributed by atoms with Crippen LogP contribution < -0.4 is 5.32 Å². The van der Waals surface area contributed by atoms with Gasteiger partial charge in [-0.05, 0) is 13.0 Å². The Morgan fingerprint density at radius 3 is 2.78 bits per heavy atom. The van der Waals surface area contributed by atoms with Crippen LogP contribution in [0.25, 0.3) is 0 Å². The fraction of sp³-hybridized carbons (Fsp3) is 0.364. The first-order chi connectivity index (χ1) is 8.58. The molecule has 0 saturated heterocycles. The van der Waals surface area contributed by atoms with E-state index in [0.29, 0.717) is 0 Å². The third kappa shape index (κ3) is 3.70. The molecule has 0 spiro atoms. The highest BCUT2D eigenvalue weighted by Crippen LogP contribution is 2.08. The summed E-state index contributed by atoms with van der Waals surface area (Å²) in [5.41, 5.74) is 0.0812. The number of ether oxygens (including phenoxy) is 1. The van der Waals surface area contributed by atoms with E-state index in [0.717, 1.165) is 0 Å². The molecule has 18 heavy (non-hydrogen) atoms. The van der Waals surface area contributed by atoms with Gasteiger partial charge in [-0.1, -0.05) is 0 Å². The molecule has 1 aromatic rings. The van der Waals surface area contributed by atoms with Crippen LogP contribution >= 0.6 is 0 Å². The number of nitrogens with zero attached hydrogens (tertiary/aromatic N) is 1. The van der Waals surface area contributed by atoms with Gasteiger partial charge < -0.3 is 20.3 Å². The quantitative estimate of drug-likeness (QED) is 0.608. The van der Waals surface area contributed by atoms with Crippen molar-refractivity contribution in [2.24, 2.45) is 0 Å². The minimum absolute atomic E-state index is 0.0812. The van der Waals surface area contributed by atoms with Crippen molar-refractivity contribution < 1.29 is 24.5 Å². The average molecular weight is 254 g/mol. The molecule has 0 radical (unpaired) electrons. The molecule has 1 aromatic heterocycles. The number of aliphatic hydroxyl groups is 1. The summed E-state index contributed by atoms with van der Waals surface area (Å²) in [5.74, 6) is -1.52. The lowest BCUT2D eigenvalue weighted by Gasteiger charge is -2.14. The first-order valence-corrected chi connectivity index (χ1v) is 5.30. The third-order valence-corrected chi connectivity index (χ3v) is 2.05. The van der Waals surface area contributed by atoms with E-state index in [1.165, 1.54) is 18.5 Å². The van der Waals surface area contributed by atoms with E-state index in [1.54, 1.807) is 6.92 Å². The molecule has 0 saturated carbocycles. The first-order valence-electron chi connectivity index (χ1n) is 5.30. The van der Waals surface area contributed by atoms with Crippen molar-refractivity contribution in [3.8, 4) is 5.75 Å². The van der Waals surface area contributed by atoms with Crippen LogP contribution in [0.5, 0.6) is 5.75 Å². The van der Waals surface area contributed by atoms with Crippen LogP contribution in [0.1, 0.15) is 17.3 Å². The average Bonchev–Trinajstić information content (AvgIpc) is 2.35. The number of aromatic hydroxyl groups is 1. The number of hydrogen-bond donors (Lipinski definition) is 3. The van der Waals surface area contributed by atoms with Crippen molar-refractivity contribution in [1.29, 1.82) is 0 Å². The summed E-state index contributed by atoms with van der Waals surface area (Å²) in [6, 6.07) is 0.0573. The molecule has 1 unspecified atom stereocenters. The van der Waals surface area contributed by atoms with Gasteiger partial charge in [-0.2, -0.15) is 0 Å². The number of hydrogen-bond acceptors (Lipinski definition) is 6. The van der Waals surface area contributed by atoms with Crippen LogP contribution in [0.2, 0.25) is 0 Å². The van der Waals surface area contributed by atoms with Gasteiger partial charge in [-0.25, -0.2) is 4.79 Å². The Morgan fingerprint density at radius 1 is 1.50 bits per heavy atom. The number of nitrogens with one attached hydrogen (secondary N) is 1. The molecule has 0 fully saturated rings. The van der Waals surface area contributed by atoms with Gasteiger partial charge in [0.2, 0.25) is 0 Å². The lowest BCUT2D eigenvalue weighted by atomic mass is 10.2. The van der Waals surface area contributed by atoms with Gasteiger partial charge in [0, 0.05) is 6.20 Å². The summed E-state index contributed by atoms with van der Waals surface area (Å²) < 4.78 is 4.68. The topological polar surface area (TPSA) is 109 Å². The van der Waals surface area contributed by atoms with Crippen LogP contribution in [0.3, 0.4) is 0 Å². The lowest BCUT2D eigenvalue weighted by Crippen LogP contribution is -2.44. The largest absolute Gasteiger partial charge is 0.506 e. The van der Waals surface area contributed by atoms with Gasteiger partial charge in [-0.3, -0.25) is 9.78 Å². The highest BCUT2D eigenvalue weighted by atomic mass is 16.5. The minimum Gasteiger partial charge on any atom is -0.506 e.